The number of benzene rings is 1. The maximum absolute atomic E-state index is 13.5. The molecule has 3 fully saturated rings. The molecular formula is C55H96O14Si2. The maximum Gasteiger partial charge on any atom is 0.333 e. The van der Waals surface area contributed by atoms with Crippen LogP contribution in [0.5, 0.6) is 5.75 Å². The van der Waals surface area contributed by atoms with E-state index in [0.717, 1.165) is 55.1 Å². The van der Waals surface area contributed by atoms with E-state index in [1.54, 1.807) is 21.1 Å². The number of esters is 2. The number of hydrogen-bond acceptors (Lipinski definition) is 14. The second-order valence-corrected chi connectivity index (χ2v) is 32.2. The van der Waals surface area contributed by atoms with E-state index in [1.165, 1.54) is 14.0 Å². The van der Waals surface area contributed by atoms with Gasteiger partial charge in [0.1, 0.15) is 24.8 Å². The monoisotopic (exact) mass is 1040 g/mol. The fraction of sp³-hybridized carbons (Fsp3) is 0.818. The third-order valence-corrected chi connectivity index (χ3v) is 25.2. The molecule has 16 heteroatoms. The Morgan fingerprint density at radius 1 is 0.845 bits per heavy atom. The van der Waals surface area contributed by atoms with Crippen molar-refractivity contribution in [1.82, 2.24) is 0 Å². The van der Waals surface area contributed by atoms with Crippen LogP contribution in [0.2, 0.25) is 36.3 Å². The van der Waals surface area contributed by atoms with Gasteiger partial charge >= 0.3 is 11.9 Å². The molecule has 0 bridgehead atoms. The van der Waals surface area contributed by atoms with Crippen LogP contribution in [0.15, 0.2) is 35.9 Å². The van der Waals surface area contributed by atoms with Gasteiger partial charge in [0.15, 0.2) is 28.2 Å². The largest absolute Gasteiger partial charge is 0.497 e. The van der Waals surface area contributed by atoms with Crippen molar-refractivity contribution in [3.63, 3.8) is 0 Å². The van der Waals surface area contributed by atoms with Crippen LogP contribution in [-0.4, -0.2) is 124 Å². The highest BCUT2D eigenvalue weighted by atomic mass is 28.4. The molecule has 0 radical (unpaired) electrons. The minimum atomic E-state index is -2.46. The van der Waals surface area contributed by atoms with E-state index in [1.807, 2.05) is 37.3 Å². The average Bonchev–Trinajstić information content (AvgIpc) is 3.76. The van der Waals surface area contributed by atoms with Crippen molar-refractivity contribution in [2.45, 2.75) is 226 Å². The lowest BCUT2D eigenvalue weighted by atomic mass is 9.79. The van der Waals surface area contributed by atoms with Crippen molar-refractivity contribution >= 4 is 28.6 Å². The summed E-state index contributed by atoms with van der Waals surface area (Å²) in [5, 5.41) is -0.101. The Bertz CT molecular complexity index is 1800. The van der Waals surface area contributed by atoms with Crippen LogP contribution in [0, 0.1) is 23.7 Å². The van der Waals surface area contributed by atoms with Gasteiger partial charge in [-0.3, -0.25) is 4.79 Å². The molecule has 1 spiro atoms. The molecule has 3 aliphatic heterocycles. The van der Waals surface area contributed by atoms with E-state index in [2.05, 4.69) is 82.3 Å². The molecule has 3 heterocycles. The smallest absolute Gasteiger partial charge is 0.333 e. The van der Waals surface area contributed by atoms with Crippen molar-refractivity contribution in [1.29, 1.82) is 0 Å². The number of methoxy groups -OCH3 is 3. The van der Waals surface area contributed by atoms with Gasteiger partial charge in [-0.25, -0.2) is 4.79 Å². The van der Waals surface area contributed by atoms with Crippen LogP contribution in [0.4, 0.5) is 0 Å². The van der Waals surface area contributed by atoms with E-state index < -0.39 is 64.6 Å². The zero-order valence-corrected chi connectivity index (χ0v) is 49.1. The number of carbonyl (C=O) groups excluding carboxylic acids is 2. The lowest BCUT2D eigenvalue weighted by Gasteiger charge is -2.54. The Balaban J connectivity index is 1.82. The van der Waals surface area contributed by atoms with E-state index >= 15 is 0 Å². The fourth-order valence-electron chi connectivity index (χ4n) is 10.8. The Kier molecular flexibility index (Phi) is 23.3. The van der Waals surface area contributed by atoms with Crippen molar-refractivity contribution in [3.05, 3.63) is 41.5 Å². The minimum absolute atomic E-state index is 0.0713. The van der Waals surface area contributed by atoms with Gasteiger partial charge in [0, 0.05) is 38.4 Å². The summed E-state index contributed by atoms with van der Waals surface area (Å²) in [5.74, 6) is -1.98. The van der Waals surface area contributed by atoms with E-state index in [9.17, 15) is 9.59 Å². The highest BCUT2D eigenvalue weighted by Crippen LogP contribution is 2.49. The highest BCUT2D eigenvalue weighted by Gasteiger charge is 2.56. The van der Waals surface area contributed by atoms with Crippen molar-refractivity contribution < 1.29 is 65.8 Å². The number of hydrogen-bond donors (Lipinski definition) is 0. The van der Waals surface area contributed by atoms with Crippen molar-refractivity contribution in [2.75, 3.05) is 41.3 Å². The van der Waals surface area contributed by atoms with Crippen LogP contribution in [0.25, 0.3) is 0 Å². The molecule has 12 atom stereocenters. The van der Waals surface area contributed by atoms with E-state index in [-0.39, 0.29) is 60.4 Å². The normalized spacial score (nSPS) is 26.3. The molecular weight excluding hydrogens is 941 g/mol. The predicted molar refractivity (Wildman–Crippen MR) is 281 cm³/mol. The summed E-state index contributed by atoms with van der Waals surface area (Å²) in [6, 6.07) is 10.5. The molecule has 408 valence electrons. The molecule has 0 N–H and O–H groups in total. The van der Waals surface area contributed by atoms with Gasteiger partial charge in [0.2, 0.25) is 0 Å². The summed E-state index contributed by atoms with van der Waals surface area (Å²) in [6.45, 7) is 33.4. The summed E-state index contributed by atoms with van der Waals surface area (Å²) in [6.07, 6.45) is 2.38. The number of rotatable bonds is 27. The average molecular weight is 1040 g/mol. The first kappa shape index (κ1) is 61.3. The first-order chi connectivity index (χ1) is 33.3. The third kappa shape index (κ3) is 16.6. The van der Waals surface area contributed by atoms with Crippen LogP contribution >= 0.6 is 0 Å². The molecule has 1 aromatic carbocycles. The van der Waals surface area contributed by atoms with Gasteiger partial charge in [0.05, 0.1) is 64.6 Å². The van der Waals surface area contributed by atoms with E-state index in [0.29, 0.717) is 31.6 Å². The molecule has 0 saturated carbocycles. The van der Waals surface area contributed by atoms with Gasteiger partial charge < -0.3 is 56.2 Å². The minimum Gasteiger partial charge on any atom is -0.497 e. The Labute approximate surface area is 430 Å². The Hall–Kier alpha value is -2.23. The molecule has 3 saturated heterocycles. The molecule has 0 amide bonds. The zero-order valence-electron chi connectivity index (χ0n) is 47.1. The molecule has 14 nitrogen and oxygen atoms in total. The first-order valence-corrected chi connectivity index (χ1v) is 32.0. The van der Waals surface area contributed by atoms with Gasteiger partial charge in [-0.2, -0.15) is 0 Å². The van der Waals surface area contributed by atoms with Crippen LogP contribution in [0.1, 0.15) is 134 Å². The van der Waals surface area contributed by atoms with E-state index in [4.69, 9.17) is 56.2 Å². The van der Waals surface area contributed by atoms with Crippen LogP contribution < -0.4 is 4.74 Å². The topological polar surface area (TPSA) is 145 Å². The lowest BCUT2D eigenvalue weighted by molar-refractivity contribution is -0.367. The number of ether oxygens (including phenoxy) is 10. The zero-order chi connectivity index (χ0) is 53.0. The summed E-state index contributed by atoms with van der Waals surface area (Å²) in [7, 11) is -0.192. The first-order valence-electron chi connectivity index (χ1n) is 26.6. The van der Waals surface area contributed by atoms with Crippen LogP contribution in [0.3, 0.4) is 0 Å². The summed E-state index contributed by atoms with van der Waals surface area (Å²) in [4.78, 5) is 26.1. The molecule has 1 aromatic rings. The molecule has 4 rings (SSSR count). The maximum atomic E-state index is 13.5. The van der Waals surface area contributed by atoms with Gasteiger partial charge in [0.25, 0.3) is 0 Å². The highest BCUT2D eigenvalue weighted by molar-refractivity contribution is 6.74. The molecule has 71 heavy (non-hydrogen) atoms. The standard InChI is InChI=1S/C55H96O14Si2/c1-19-71(20-2,21-3)68-47(50(65-42(9)56)41(8)45(27-22-39(6)52(57)60-16)61-35-43-23-25-44(59-15)26-24-43)32-40(7)49(69-70(17,18)53(10,11)12)46-30-37(4)33-55(66-46)34-38(5)31-48(67-55)51(62-36-58-14)54(13)63-28-29-64-54/h22-26,37-38,40-41,45-51H,19-21,27-36H2,1-18H3/b39-22+/t37-,38+,40-,41-,45-,46-,47+,48-,49-,50+,51+,55-/m0/s1. The third-order valence-electron chi connectivity index (χ3n) is 16.1. The van der Waals surface area contributed by atoms with Gasteiger partial charge in [-0.05, 0) is 111 Å². The molecule has 0 aliphatic carbocycles. The second kappa shape index (κ2) is 27.0. The summed E-state index contributed by atoms with van der Waals surface area (Å²) < 4.78 is 78.1. The molecule has 0 aromatic heterocycles. The van der Waals surface area contributed by atoms with Crippen molar-refractivity contribution in [3.8, 4) is 5.75 Å². The number of carbonyl (C=O) groups is 2. The Morgan fingerprint density at radius 2 is 1.42 bits per heavy atom. The summed E-state index contributed by atoms with van der Waals surface area (Å²) >= 11 is 0. The second-order valence-electron chi connectivity index (χ2n) is 22.7. The van der Waals surface area contributed by atoms with Gasteiger partial charge in [-0.1, -0.05) is 87.4 Å². The lowest BCUT2D eigenvalue weighted by Crippen LogP contribution is -2.61. The summed E-state index contributed by atoms with van der Waals surface area (Å²) in [5.41, 5.74) is 1.43. The fourth-order valence-corrected chi connectivity index (χ4v) is 15.1. The Morgan fingerprint density at radius 3 is 1.94 bits per heavy atom. The van der Waals surface area contributed by atoms with Crippen molar-refractivity contribution in [2.24, 2.45) is 23.7 Å². The molecule has 3 aliphatic rings. The van der Waals surface area contributed by atoms with Crippen LogP contribution in [-0.2, 0) is 67.7 Å². The van der Waals surface area contributed by atoms with Gasteiger partial charge in [-0.15, -0.1) is 0 Å². The quantitative estimate of drug-likeness (QED) is 0.0356. The predicted octanol–water partition coefficient (Wildman–Crippen LogP) is 11.5. The SMILES string of the molecule is CC[Si](CC)(CC)O[C@H](C[C@H](C)[C@H](O[Si](C)(C)C(C)(C)C)[C@@H]1C[C@H](C)C[C@]2(C[C@H](C)C[C@@H]([C@@H](OCOC)C3(C)OCCO3)O2)O1)[C@H](OC(C)=O)[C@@H](C)[C@H](C/C=C(\C)C(=O)OC)OCc1ccc(OC)cc1. The molecule has 0 unspecified atom stereocenters.